The van der Waals surface area contributed by atoms with Crippen LogP contribution in [0.25, 0.3) is 0 Å². The lowest BCUT2D eigenvalue weighted by atomic mass is 10.1. The lowest BCUT2D eigenvalue weighted by Gasteiger charge is -2.23. The van der Waals surface area contributed by atoms with E-state index in [-0.39, 0.29) is 5.91 Å². The van der Waals surface area contributed by atoms with Crippen molar-refractivity contribution in [2.75, 3.05) is 26.8 Å². The first-order valence-electron chi connectivity index (χ1n) is 8.20. The zero-order valence-corrected chi connectivity index (χ0v) is 13.7. The number of carbonyl (C=O) groups excluding carboxylic acids is 1. The number of amides is 1. The van der Waals surface area contributed by atoms with Crippen LogP contribution >= 0.6 is 0 Å². The molecule has 0 bridgehead atoms. The Morgan fingerprint density at radius 1 is 1.22 bits per heavy atom. The Bertz CT molecular complexity index is 545. The first-order valence-corrected chi connectivity index (χ1v) is 8.20. The normalized spacial score (nSPS) is 16.1. The first kappa shape index (κ1) is 17.1. The molecule has 1 aliphatic heterocycles. The molecule has 124 valence electrons. The van der Waals surface area contributed by atoms with Gasteiger partial charge in [0.2, 0.25) is 5.91 Å². The highest BCUT2D eigenvalue weighted by molar-refractivity contribution is 5.81. The number of hydrogen-bond acceptors (Lipinski definition) is 4. The smallest absolute Gasteiger partial charge is 0.240 e. The molecule has 1 amide bonds. The predicted molar refractivity (Wildman–Crippen MR) is 87.3 cm³/mol. The third-order valence-electron chi connectivity index (χ3n) is 4.10. The summed E-state index contributed by atoms with van der Waals surface area (Å²) in [5.41, 5.74) is 0. The van der Waals surface area contributed by atoms with Crippen molar-refractivity contribution in [2.24, 2.45) is 5.92 Å². The fourth-order valence-corrected chi connectivity index (χ4v) is 2.78. The average molecular weight is 316 g/mol. The Labute approximate surface area is 137 Å². The van der Waals surface area contributed by atoms with Gasteiger partial charge in [-0.25, -0.2) is 0 Å². The highest BCUT2D eigenvalue weighted by Crippen LogP contribution is 2.26. The van der Waals surface area contributed by atoms with Crippen molar-refractivity contribution >= 4 is 5.91 Å². The van der Waals surface area contributed by atoms with Gasteiger partial charge in [-0.1, -0.05) is 25.0 Å². The Kier molecular flexibility index (Phi) is 6.74. The molecule has 1 atom stereocenters. The molecule has 0 spiro atoms. The Balaban J connectivity index is 1.87. The van der Waals surface area contributed by atoms with Crippen molar-refractivity contribution in [1.82, 2.24) is 4.90 Å². The maximum Gasteiger partial charge on any atom is 0.240 e. The van der Waals surface area contributed by atoms with E-state index in [9.17, 15) is 10.1 Å². The summed E-state index contributed by atoms with van der Waals surface area (Å²) in [5, 5.41) is 9.32. The van der Waals surface area contributed by atoms with Crippen LogP contribution in [0.5, 0.6) is 11.5 Å². The van der Waals surface area contributed by atoms with Crippen LogP contribution in [0.1, 0.15) is 32.1 Å². The predicted octanol–water partition coefficient (Wildman–Crippen LogP) is 3.01. The summed E-state index contributed by atoms with van der Waals surface area (Å²) in [7, 11) is 1.59. The van der Waals surface area contributed by atoms with Gasteiger partial charge in [-0.15, -0.1) is 0 Å². The third kappa shape index (κ3) is 4.88. The number of carbonyl (C=O) groups is 1. The Morgan fingerprint density at radius 2 is 1.87 bits per heavy atom. The van der Waals surface area contributed by atoms with E-state index >= 15 is 0 Å². The maximum atomic E-state index is 12.5. The molecule has 0 aliphatic carbocycles. The summed E-state index contributed by atoms with van der Waals surface area (Å²) in [6.07, 6.45) is 4.78. The molecular weight excluding hydrogens is 292 g/mol. The lowest BCUT2D eigenvalue weighted by Crippen LogP contribution is -2.37. The number of rotatable bonds is 6. The fraction of sp³-hybridized carbons (Fsp3) is 0.556. The average Bonchev–Trinajstić information content (AvgIpc) is 2.88. The first-order chi connectivity index (χ1) is 11.3. The number of para-hydroxylation sites is 2. The molecule has 1 unspecified atom stereocenters. The summed E-state index contributed by atoms with van der Waals surface area (Å²) >= 11 is 0. The number of hydrogen-bond donors (Lipinski definition) is 0. The summed E-state index contributed by atoms with van der Waals surface area (Å²) in [6, 6.07) is 9.50. The molecule has 2 rings (SSSR count). The molecule has 1 heterocycles. The van der Waals surface area contributed by atoms with E-state index in [1.165, 1.54) is 0 Å². The number of likely N-dealkylation sites (tertiary alicyclic amines) is 1. The molecule has 5 nitrogen and oxygen atoms in total. The number of nitrogens with zero attached hydrogens (tertiary/aromatic N) is 2. The van der Waals surface area contributed by atoms with Crippen LogP contribution in [0.2, 0.25) is 0 Å². The molecule has 1 fully saturated rings. The van der Waals surface area contributed by atoms with Gasteiger partial charge in [0.1, 0.15) is 5.92 Å². The van der Waals surface area contributed by atoms with Crippen LogP contribution in [0.3, 0.4) is 0 Å². The highest BCUT2D eigenvalue weighted by atomic mass is 16.5. The van der Waals surface area contributed by atoms with Gasteiger partial charge in [0.05, 0.1) is 19.8 Å². The second-order valence-corrected chi connectivity index (χ2v) is 5.71. The number of nitriles is 1. The van der Waals surface area contributed by atoms with Crippen molar-refractivity contribution in [3.8, 4) is 17.6 Å². The number of methoxy groups -OCH3 is 1. The van der Waals surface area contributed by atoms with Crippen molar-refractivity contribution in [2.45, 2.75) is 32.1 Å². The molecule has 0 saturated carbocycles. The Morgan fingerprint density at radius 3 is 2.48 bits per heavy atom. The van der Waals surface area contributed by atoms with E-state index in [2.05, 4.69) is 6.07 Å². The van der Waals surface area contributed by atoms with Gasteiger partial charge in [0.15, 0.2) is 11.5 Å². The second-order valence-electron chi connectivity index (χ2n) is 5.71. The lowest BCUT2D eigenvalue weighted by molar-refractivity contribution is -0.134. The third-order valence-corrected chi connectivity index (χ3v) is 4.10. The van der Waals surface area contributed by atoms with Gasteiger partial charge in [-0.05, 0) is 25.0 Å². The van der Waals surface area contributed by atoms with Gasteiger partial charge in [0.25, 0.3) is 0 Å². The summed E-state index contributed by atoms with van der Waals surface area (Å²) in [5.74, 6) is 0.592. The minimum atomic E-state index is -0.636. The summed E-state index contributed by atoms with van der Waals surface area (Å²) in [4.78, 5) is 14.3. The van der Waals surface area contributed by atoms with Crippen LogP contribution in [-0.4, -0.2) is 37.6 Å². The van der Waals surface area contributed by atoms with E-state index in [0.29, 0.717) is 24.5 Å². The Hall–Kier alpha value is -2.22. The van der Waals surface area contributed by atoms with Crippen LogP contribution < -0.4 is 9.47 Å². The van der Waals surface area contributed by atoms with Crippen molar-refractivity contribution in [3.05, 3.63) is 24.3 Å². The van der Waals surface area contributed by atoms with Gasteiger partial charge in [-0.3, -0.25) is 4.79 Å². The standard InChI is InChI=1S/C18H24N2O3/c1-22-16-8-4-5-9-17(16)23-13-10-15(14-19)18(21)20-11-6-2-3-7-12-20/h4-5,8-9,15H,2-3,6-7,10-13H2,1H3. The largest absolute Gasteiger partial charge is 0.493 e. The molecule has 1 saturated heterocycles. The zero-order valence-electron chi connectivity index (χ0n) is 13.7. The molecule has 1 aromatic carbocycles. The molecule has 0 aromatic heterocycles. The van der Waals surface area contributed by atoms with Gasteiger partial charge in [-0.2, -0.15) is 5.26 Å². The van der Waals surface area contributed by atoms with E-state index in [1.54, 1.807) is 7.11 Å². The van der Waals surface area contributed by atoms with Crippen LogP contribution in [-0.2, 0) is 4.79 Å². The van der Waals surface area contributed by atoms with E-state index in [4.69, 9.17) is 9.47 Å². The second kappa shape index (κ2) is 9.04. The number of ether oxygens (including phenoxy) is 2. The molecule has 23 heavy (non-hydrogen) atoms. The van der Waals surface area contributed by atoms with Crippen LogP contribution in [0, 0.1) is 17.2 Å². The highest BCUT2D eigenvalue weighted by Gasteiger charge is 2.24. The van der Waals surface area contributed by atoms with Gasteiger partial charge >= 0.3 is 0 Å². The molecular formula is C18H24N2O3. The van der Waals surface area contributed by atoms with Crippen molar-refractivity contribution < 1.29 is 14.3 Å². The minimum absolute atomic E-state index is 0.0574. The molecule has 0 radical (unpaired) electrons. The van der Waals surface area contributed by atoms with E-state index < -0.39 is 5.92 Å². The monoisotopic (exact) mass is 316 g/mol. The summed E-state index contributed by atoms with van der Waals surface area (Å²) < 4.78 is 10.9. The quantitative estimate of drug-likeness (QED) is 0.809. The summed E-state index contributed by atoms with van der Waals surface area (Å²) in [6.45, 7) is 1.85. The van der Waals surface area contributed by atoms with E-state index in [1.807, 2.05) is 29.2 Å². The molecule has 5 heteroatoms. The van der Waals surface area contributed by atoms with E-state index in [0.717, 1.165) is 38.8 Å². The fourth-order valence-electron chi connectivity index (χ4n) is 2.78. The van der Waals surface area contributed by atoms with Crippen molar-refractivity contribution in [3.63, 3.8) is 0 Å². The minimum Gasteiger partial charge on any atom is -0.493 e. The topological polar surface area (TPSA) is 62.6 Å². The van der Waals surface area contributed by atoms with Gasteiger partial charge in [0, 0.05) is 19.5 Å². The zero-order chi connectivity index (χ0) is 16.5. The van der Waals surface area contributed by atoms with Crippen LogP contribution in [0.15, 0.2) is 24.3 Å². The van der Waals surface area contributed by atoms with Crippen LogP contribution in [0.4, 0.5) is 0 Å². The molecule has 0 N–H and O–H groups in total. The number of benzene rings is 1. The van der Waals surface area contributed by atoms with Crippen molar-refractivity contribution in [1.29, 1.82) is 5.26 Å². The van der Waals surface area contributed by atoms with Gasteiger partial charge < -0.3 is 14.4 Å². The maximum absolute atomic E-state index is 12.5. The molecule has 1 aromatic rings. The molecule has 1 aliphatic rings. The SMILES string of the molecule is COc1ccccc1OCCC(C#N)C(=O)N1CCCCCC1.